The summed E-state index contributed by atoms with van der Waals surface area (Å²) in [7, 11) is 0. The lowest BCUT2D eigenvalue weighted by atomic mass is 9.82. The molecule has 2 atom stereocenters. The third kappa shape index (κ3) is 4.83. The van der Waals surface area contributed by atoms with Crippen molar-refractivity contribution < 1.29 is 0 Å². The second-order valence-corrected chi connectivity index (χ2v) is 14.5. The largest absolute Gasteiger partial charge is 0.350 e. The zero-order valence-electron chi connectivity index (χ0n) is 29.2. The van der Waals surface area contributed by atoms with E-state index in [1.54, 1.807) is 0 Å². The molecule has 2 N–H and O–H groups in total. The molecule has 8 aromatic rings. The molecule has 0 fully saturated rings. The molecule has 0 bridgehead atoms. The molecular formula is C48H38N4. The van der Waals surface area contributed by atoms with Crippen LogP contribution in [-0.2, 0) is 5.41 Å². The van der Waals surface area contributed by atoms with E-state index < -0.39 is 0 Å². The lowest BCUT2D eigenvalue weighted by Crippen LogP contribution is -2.44. The number of fused-ring (bicyclic) bond motifs is 7. The number of hydrogen-bond donors (Lipinski definition) is 2. The van der Waals surface area contributed by atoms with Crippen LogP contribution in [0.1, 0.15) is 54.0 Å². The fourth-order valence-electron chi connectivity index (χ4n) is 8.49. The topological polar surface area (TPSA) is 41.4 Å². The van der Waals surface area contributed by atoms with E-state index in [0.717, 1.165) is 22.6 Å². The fraction of sp³-hybridized carbons (Fsp3) is 0.104. The van der Waals surface area contributed by atoms with Crippen LogP contribution in [0.15, 0.2) is 175 Å². The van der Waals surface area contributed by atoms with Gasteiger partial charge in [-0.2, -0.15) is 0 Å². The number of aliphatic imine (C=N–C) groups is 1. The number of nitrogens with zero attached hydrogens (tertiary/aromatic N) is 2. The highest BCUT2D eigenvalue weighted by atomic mass is 15.3. The van der Waals surface area contributed by atoms with Gasteiger partial charge in [-0.05, 0) is 57.1 Å². The van der Waals surface area contributed by atoms with Gasteiger partial charge in [-0.3, -0.25) is 5.32 Å². The normalized spacial score (nSPS) is 17.4. The van der Waals surface area contributed by atoms with Crippen LogP contribution in [0.25, 0.3) is 49.7 Å². The van der Waals surface area contributed by atoms with Gasteiger partial charge in [0.05, 0.1) is 11.0 Å². The molecule has 0 saturated heterocycles. The molecule has 0 amide bonds. The summed E-state index contributed by atoms with van der Waals surface area (Å²) in [5.41, 5.74) is 14.6. The van der Waals surface area contributed by atoms with Crippen molar-refractivity contribution in [1.29, 1.82) is 0 Å². The number of hydrogen-bond acceptors (Lipinski definition) is 3. The van der Waals surface area contributed by atoms with Crippen LogP contribution < -0.4 is 10.6 Å². The molecule has 0 radical (unpaired) electrons. The van der Waals surface area contributed by atoms with E-state index in [-0.39, 0.29) is 17.7 Å². The summed E-state index contributed by atoms with van der Waals surface area (Å²) in [6.45, 7) is 4.72. The van der Waals surface area contributed by atoms with E-state index in [2.05, 4.69) is 193 Å². The van der Waals surface area contributed by atoms with Gasteiger partial charge in [0, 0.05) is 33.0 Å². The maximum atomic E-state index is 5.29. The Hall–Kier alpha value is -6.23. The smallest absolute Gasteiger partial charge is 0.131 e. The van der Waals surface area contributed by atoms with E-state index in [1.807, 2.05) is 6.07 Å². The molecule has 250 valence electrons. The predicted molar refractivity (Wildman–Crippen MR) is 215 cm³/mol. The monoisotopic (exact) mass is 670 g/mol. The molecular weight excluding hydrogens is 633 g/mol. The molecule has 1 aliphatic heterocycles. The zero-order chi connectivity index (χ0) is 34.8. The Morgan fingerprint density at radius 2 is 1.23 bits per heavy atom. The number of amidine groups is 1. The van der Waals surface area contributed by atoms with Crippen LogP contribution in [0.4, 0.5) is 0 Å². The van der Waals surface area contributed by atoms with Crippen LogP contribution in [0, 0.1) is 0 Å². The summed E-state index contributed by atoms with van der Waals surface area (Å²) < 4.78 is 2.51. The summed E-state index contributed by atoms with van der Waals surface area (Å²) in [4.78, 5) is 5.29. The minimum Gasteiger partial charge on any atom is -0.350 e. The lowest BCUT2D eigenvalue weighted by molar-refractivity contribution is 0.409. The summed E-state index contributed by atoms with van der Waals surface area (Å²) >= 11 is 0. The molecule has 10 rings (SSSR count). The Balaban J connectivity index is 1.21. The van der Waals surface area contributed by atoms with E-state index in [0.29, 0.717) is 0 Å². The maximum absolute atomic E-state index is 5.29. The highest BCUT2D eigenvalue weighted by Crippen LogP contribution is 2.53. The molecule has 2 heterocycles. The first-order valence-corrected chi connectivity index (χ1v) is 18.1. The first-order chi connectivity index (χ1) is 25.5. The third-order valence-electron chi connectivity index (χ3n) is 11.1. The number of nitrogens with one attached hydrogen (secondary N) is 2. The van der Waals surface area contributed by atoms with Crippen molar-refractivity contribution in [2.75, 3.05) is 0 Å². The Kier molecular flexibility index (Phi) is 7.02. The second-order valence-electron chi connectivity index (χ2n) is 14.5. The molecule has 1 aliphatic carbocycles. The summed E-state index contributed by atoms with van der Waals surface area (Å²) in [5, 5.41) is 10.0. The molecule has 4 nitrogen and oxygen atoms in total. The van der Waals surface area contributed by atoms with Gasteiger partial charge in [0.15, 0.2) is 0 Å². The average Bonchev–Trinajstić information content (AvgIpc) is 3.67. The molecule has 52 heavy (non-hydrogen) atoms. The molecule has 0 saturated carbocycles. The van der Waals surface area contributed by atoms with Crippen molar-refractivity contribution in [3.8, 4) is 27.9 Å². The van der Waals surface area contributed by atoms with Gasteiger partial charge in [0.2, 0.25) is 0 Å². The first kappa shape index (κ1) is 30.6. The Labute approximate surface area is 304 Å². The van der Waals surface area contributed by atoms with Crippen molar-refractivity contribution in [3.05, 3.63) is 198 Å². The molecule has 2 unspecified atom stereocenters. The lowest BCUT2D eigenvalue weighted by Gasteiger charge is -2.32. The number of benzene rings is 7. The van der Waals surface area contributed by atoms with Crippen LogP contribution >= 0.6 is 0 Å². The minimum absolute atomic E-state index is 0.105. The quantitative estimate of drug-likeness (QED) is 0.191. The van der Waals surface area contributed by atoms with E-state index in [4.69, 9.17) is 4.99 Å². The van der Waals surface area contributed by atoms with E-state index in [1.165, 1.54) is 60.8 Å². The molecule has 4 heteroatoms. The predicted octanol–water partition coefficient (Wildman–Crippen LogP) is 11.1. The van der Waals surface area contributed by atoms with Gasteiger partial charge in [0.1, 0.15) is 18.2 Å². The van der Waals surface area contributed by atoms with Crippen molar-refractivity contribution in [2.45, 2.75) is 31.6 Å². The van der Waals surface area contributed by atoms with Gasteiger partial charge in [-0.25, -0.2) is 4.99 Å². The summed E-state index contributed by atoms with van der Waals surface area (Å²) in [5.74, 6) is 0.879. The van der Waals surface area contributed by atoms with Crippen LogP contribution in [0.3, 0.4) is 0 Å². The Bertz CT molecular complexity index is 2650. The van der Waals surface area contributed by atoms with Gasteiger partial charge >= 0.3 is 0 Å². The van der Waals surface area contributed by atoms with Gasteiger partial charge in [-0.1, -0.05) is 166 Å². The van der Waals surface area contributed by atoms with Crippen LogP contribution in [-0.4, -0.2) is 10.4 Å². The Morgan fingerprint density at radius 3 is 2.02 bits per heavy atom. The van der Waals surface area contributed by atoms with E-state index in [9.17, 15) is 0 Å². The van der Waals surface area contributed by atoms with Gasteiger partial charge < -0.3 is 9.88 Å². The number of aromatic nitrogens is 1. The molecule has 2 aliphatic rings. The maximum Gasteiger partial charge on any atom is 0.131 e. The van der Waals surface area contributed by atoms with Crippen LogP contribution in [0.2, 0.25) is 0 Å². The highest BCUT2D eigenvalue weighted by molar-refractivity contribution is 6.16. The average molecular weight is 671 g/mol. The summed E-state index contributed by atoms with van der Waals surface area (Å²) in [6.07, 6.45) is -0.369. The SMILES string of the molecule is CC1(C)c2ccccc2-c2c1ccc1c3ccc(-c4ccccc4)cc3n(-c3cccc(C4N=C(c5ccccc5)NC(c5ccccc5)N4)c3)c21. The molecule has 7 aromatic carbocycles. The number of rotatable bonds is 5. The van der Waals surface area contributed by atoms with Crippen molar-refractivity contribution in [3.63, 3.8) is 0 Å². The van der Waals surface area contributed by atoms with Crippen LogP contribution in [0.5, 0.6) is 0 Å². The highest BCUT2D eigenvalue weighted by Gasteiger charge is 2.37. The van der Waals surface area contributed by atoms with E-state index >= 15 is 0 Å². The second kappa shape index (κ2) is 11.9. The van der Waals surface area contributed by atoms with Crippen molar-refractivity contribution in [1.82, 2.24) is 15.2 Å². The molecule has 1 aromatic heterocycles. The first-order valence-electron chi connectivity index (χ1n) is 18.1. The fourth-order valence-corrected chi connectivity index (χ4v) is 8.49. The van der Waals surface area contributed by atoms with Gasteiger partial charge in [-0.15, -0.1) is 0 Å². The zero-order valence-corrected chi connectivity index (χ0v) is 29.2. The molecule has 0 spiro atoms. The summed E-state index contributed by atoms with van der Waals surface area (Å²) in [6, 6.07) is 61.3. The van der Waals surface area contributed by atoms with Crippen molar-refractivity contribution >= 4 is 27.6 Å². The Morgan fingerprint density at radius 1 is 0.558 bits per heavy atom. The third-order valence-corrected chi connectivity index (χ3v) is 11.1. The standard InChI is InChI=1S/C48H38N4/c1-48(2)40-24-13-12-23-39(40)43-41(48)28-27-38-37-26-25-34(31-15-6-3-7-16-31)30-42(37)52(44(38)43)36-22-14-21-35(29-36)47-50-45(32-17-8-4-9-18-32)49-46(51-47)33-19-10-5-11-20-33/h3-30,45,47,50H,1-2H3,(H,49,51). The van der Waals surface area contributed by atoms with Crippen molar-refractivity contribution in [2.24, 2.45) is 4.99 Å². The van der Waals surface area contributed by atoms with Gasteiger partial charge in [0.25, 0.3) is 0 Å². The minimum atomic E-state index is -0.264.